The minimum absolute atomic E-state index is 0.179. The number of benzene rings is 1. The number of hydrogen-bond acceptors (Lipinski definition) is 4. The molecule has 0 saturated carbocycles. The maximum Gasteiger partial charge on any atom is 0.328 e. The average Bonchev–Trinajstić information content (AvgIpc) is 3.12. The van der Waals surface area contributed by atoms with E-state index in [9.17, 15) is 9.59 Å². The zero-order valence-electron chi connectivity index (χ0n) is 14.5. The van der Waals surface area contributed by atoms with E-state index >= 15 is 0 Å². The molecule has 7 nitrogen and oxygen atoms in total. The number of carboxylic acid groups (broad SMARTS) is 1. The predicted octanol–water partition coefficient (Wildman–Crippen LogP) is 2.14. The van der Waals surface area contributed by atoms with Crippen molar-refractivity contribution >= 4 is 23.5 Å². The molecular formula is C18H21ClN4O3. The highest BCUT2D eigenvalue weighted by molar-refractivity contribution is 6.30. The van der Waals surface area contributed by atoms with Crippen molar-refractivity contribution in [3.63, 3.8) is 0 Å². The van der Waals surface area contributed by atoms with Crippen LogP contribution in [0, 0.1) is 0 Å². The summed E-state index contributed by atoms with van der Waals surface area (Å²) in [5.41, 5.74) is 1.49. The van der Waals surface area contributed by atoms with E-state index in [0.29, 0.717) is 18.8 Å². The van der Waals surface area contributed by atoms with E-state index in [1.54, 1.807) is 11.0 Å². The number of carbonyl (C=O) groups is 2. The number of aliphatic carboxylic acids is 1. The first-order valence-corrected chi connectivity index (χ1v) is 8.86. The average molecular weight is 377 g/mol. The van der Waals surface area contributed by atoms with Crippen LogP contribution in [0.5, 0.6) is 0 Å². The van der Waals surface area contributed by atoms with Crippen molar-refractivity contribution in [1.29, 1.82) is 0 Å². The maximum atomic E-state index is 12.8. The summed E-state index contributed by atoms with van der Waals surface area (Å²) in [5, 5.41) is 13.9. The Morgan fingerprint density at radius 2 is 1.81 bits per heavy atom. The van der Waals surface area contributed by atoms with Gasteiger partial charge < -0.3 is 10.0 Å². The molecule has 0 aliphatic carbocycles. The molecule has 3 rings (SSSR count). The van der Waals surface area contributed by atoms with Gasteiger partial charge in [0.2, 0.25) is 0 Å². The summed E-state index contributed by atoms with van der Waals surface area (Å²) in [7, 11) is 0. The molecule has 1 amide bonds. The predicted molar refractivity (Wildman–Crippen MR) is 97.2 cm³/mol. The Hall–Kier alpha value is -2.38. The molecule has 1 fully saturated rings. The van der Waals surface area contributed by atoms with Crippen molar-refractivity contribution in [3.05, 3.63) is 52.8 Å². The van der Waals surface area contributed by atoms with Gasteiger partial charge in [-0.1, -0.05) is 23.7 Å². The number of carboxylic acids is 1. The fraction of sp³-hybridized carbons (Fsp3) is 0.389. The van der Waals surface area contributed by atoms with Crippen LogP contribution in [-0.2, 0) is 11.3 Å². The monoisotopic (exact) mass is 376 g/mol. The minimum Gasteiger partial charge on any atom is -0.480 e. The quantitative estimate of drug-likeness (QED) is 0.864. The number of amides is 1. The van der Waals surface area contributed by atoms with E-state index in [1.807, 2.05) is 24.3 Å². The third-order valence-electron chi connectivity index (χ3n) is 4.59. The van der Waals surface area contributed by atoms with Gasteiger partial charge in [-0.05, 0) is 30.7 Å². The van der Waals surface area contributed by atoms with Crippen molar-refractivity contribution in [1.82, 2.24) is 19.6 Å². The van der Waals surface area contributed by atoms with E-state index in [4.69, 9.17) is 16.7 Å². The molecule has 26 heavy (non-hydrogen) atoms. The molecule has 1 aliphatic heterocycles. The van der Waals surface area contributed by atoms with Crippen molar-refractivity contribution in [2.24, 2.45) is 0 Å². The lowest BCUT2D eigenvalue weighted by Crippen LogP contribution is -2.48. The molecule has 1 saturated heterocycles. The lowest BCUT2D eigenvalue weighted by atomic mass is 10.2. The molecule has 2 aromatic rings. The highest BCUT2D eigenvalue weighted by atomic mass is 35.5. The van der Waals surface area contributed by atoms with E-state index in [1.165, 1.54) is 23.4 Å². The first-order valence-electron chi connectivity index (χ1n) is 8.48. The van der Waals surface area contributed by atoms with Gasteiger partial charge in [-0.2, -0.15) is 5.10 Å². The normalized spacial score (nSPS) is 16.5. The largest absolute Gasteiger partial charge is 0.480 e. The lowest BCUT2D eigenvalue weighted by molar-refractivity contribution is -0.140. The van der Waals surface area contributed by atoms with Gasteiger partial charge in [0.1, 0.15) is 11.7 Å². The van der Waals surface area contributed by atoms with Crippen LogP contribution < -0.4 is 0 Å². The highest BCUT2D eigenvalue weighted by Gasteiger charge is 2.27. The van der Waals surface area contributed by atoms with Crippen LogP contribution in [0.25, 0.3) is 0 Å². The van der Waals surface area contributed by atoms with Crippen LogP contribution in [0.1, 0.15) is 29.0 Å². The fourth-order valence-corrected chi connectivity index (χ4v) is 3.14. The SMILES string of the molecule is CC(C(=O)O)n1nccc1C(=O)N1CCN(Cc2ccc(Cl)cc2)CC1. The fourth-order valence-electron chi connectivity index (χ4n) is 3.02. The summed E-state index contributed by atoms with van der Waals surface area (Å²) < 4.78 is 1.27. The van der Waals surface area contributed by atoms with Gasteiger partial charge >= 0.3 is 5.97 Å². The number of carbonyl (C=O) groups excluding carboxylic acids is 1. The highest BCUT2D eigenvalue weighted by Crippen LogP contribution is 2.16. The van der Waals surface area contributed by atoms with Crippen molar-refractivity contribution in [2.75, 3.05) is 26.2 Å². The molecule has 1 aromatic heterocycles. The Bertz CT molecular complexity index is 782. The van der Waals surface area contributed by atoms with Crippen molar-refractivity contribution in [2.45, 2.75) is 19.5 Å². The van der Waals surface area contributed by atoms with Crippen molar-refractivity contribution < 1.29 is 14.7 Å². The second-order valence-corrected chi connectivity index (χ2v) is 6.81. The molecule has 0 spiro atoms. The Labute approximate surface area is 156 Å². The number of hydrogen-bond donors (Lipinski definition) is 1. The number of aromatic nitrogens is 2. The van der Waals surface area contributed by atoms with Crippen LogP contribution in [0.4, 0.5) is 0 Å². The van der Waals surface area contributed by atoms with E-state index in [-0.39, 0.29) is 5.91 Å². The standard InChI is InChI=1S/C18H21ClN4O3/c1-13(18(25)26)23-16(6-7-20-23)17(24)22-10-8-21(9-11-22)12-14-2-4-15(19)5-3-14/h2-7,13H,8-12H2,1H3,(H,25,26). The molecule has 0 bridgehead atoms. The number of piperazine rings is 1. The smallest absolute Gasteiger partial charge is 0.328 e. The first-order chi connectivity index (χ1) is 12.5. The Kier molecular flexibility index (Phi) is 5.58. The topological polar surface area (TPSA) is 78.7 Å². The van der Waals surface area contributed by atoms with Gasteiger partial charge in [0, 0.05) is 43.9 Å². The number of nitrogens with zero attached hydrogens (tertiary/aromatic N) is 4. The van der Waals surface area contributed by atoms with Crippen LogP contribution in [0.3, 0.4) is 0 Å². The third kappa shape index (κ3) is 4.05. The lowest BCUT2D eigenvalue weighted by Gasteiger charge is -2.34. The summed E-state index contributed by atoms with van der Waals surface area (Å²) in [6, 6.07) is 8.46. The van der Waals surface area contributed by atoms with Crippen molar-refractivity contribution in [3.8, 4) is 0 Å². The molecule has 138 valence electrons. The number of rotatable bonds is 5. The summed E-state index contributed by atoms with van der Waals surface area (Å²) >= 11 is 5.91. The van der Waals surface area contributed by atoms with Gasteiger partial charge in [0.25, 0.3) is 5.91 Å². The van der Waals surface area contributed by atoms with Gasteiger partial charge in [-0.15, -0.1) is 0 Å². The second-order valence-electron chi connectivity index (χ2n) is 6.37. The molecule has 1 atom stereocenters. The van der Waals surface area contributed by atoms with Crippen LogP contribution in [0.15, 0.2) is 36.5 Å². The summed E-state index contributed by atoms with van der Waals surface area (Å²) in [5.74, 6) is -1.20. The molecule has 1 unspecified atom stereocenters. The second kappa shape index (κ2) is 7.88. The minimum atomic E-state index is -1.02. The summed E-state index contributed by atoms with van der Waals surface area (Å²) in [4.78, 5) is 28.0. The molecule has 2 heterocycles. The van der Waals surface area contributed by atoms with Gasteiger partial charge in [0.05, 0.1) is 0 Å². The molecular weight excluding hydrogens is 356 g/mol. The number of halogens is 1. The first kappa shape index (κ1) is 18.4. The zero-order valence-corrected chi connectivity index (χ0v) is 15.3. The Morgan fingerprint density at radius 1 is 1.15 bits per heavy atom. The molecule has 8 heteroatoms. The van der Waals surface area contributed by atoms with E-state index in [2.05, 4.69) is 10.00 Å². The van der Waals surface area contributed by atoms with Gasteiger partial charge in [-0.25, -0.2) is 9.48 Å². The van der Waals surface area contributed by atoms with Gasteiger partial charge in [-0.3, -0.25) is 9.69 Å². The maximum absolute atomic E-state index is 12.8. The van der Waals surface area contributed by atoms with Crippen LogP contribution in [0.2, 0.25) is 5.02 Å². The Balaban J connectivity index is 1.60. The van der Waals surface area contributed by atoms with Crippen LogP contribution >= 0.6 is 11.6 Å². The molecule has 1 aromatic carbocycles. The molecule has 1 aliphatic rings. The Morgan fingerprint density at radius 3 is 2.42 bits per heavy atom. The van der Waals surface area contributed by atoms with E-state index in [0.717, 1.165) is 24.7 Å². The summed E-state index contributed by atoms with van der Waals surface area (Å²) in [6.45, 7) is 5.04. The van der Waals surface area contributed by atoms with Gasteiger partial charge in [0.15, 0.2) is 0 Å². The molecule has 0 radical (unpaired) electrons. The van der Waals surface area contributed by atoms with Crippen LogP contribution in [-0.4, -0.2) is 62.7 Å². The third-order valence-corrected chi connectivity index (χ3v) is 4.84. The summed E-state index contributed by atoms with van der Waals surface area (Å²) in [6.07, 6.45) is 1.46. The van der Waals surface area contributed by atoms with E-state index < -0.39 is 12.0 Å². The zero-order chi connectivity index (χ0) is 18.7. The molecule has 1 N–H and O–H groups in total.